The van der Waals surface area contributed by atoms with Gasteiger partial charge in [-0.2, -0.15) is 10.1 Å². The van der Waals surface area contributed by atoms with Gasteiger partial charge in [-0.25, -0.2) is 9.97 Å². The average molecular weight is 449 g/mol. The van der Waals surface area contributed by atoms with E-state index in [1.54, 1.807) is 29.5 Å². The van der Waals surface area contributed by atoms with Crippen LogP contribution < -0.4 is 5.73 Å². The number of rotatable bonds is 7. The van der Waals surface area contributed by atoms with Crippen molar-refractivity contribution in [1.29, 1.82) is 0 Å². The maximum absolute atomic E-state index is 9.60. The molecule has 0 fully saturated rings. The quantitative estimate of drug-likeness (QED) is 0.436. The number of nitrogen functional groups attached to an aromatic ring is 1. The summed E-state index contributed by atoms with van der Waals surface area (Å²) in [4.78, 5) is 17.4. The van der Waals surface area contributed by atoms with Gasteiger partial charge in [0.05, 0.1) is 35.0 Å². The Hall–Kier alpha value is -3.66. The Morgan fingerprint density at radius 2 is 1.76 bits per heavy atom. The Kier molecular flexibility index (Phi) is 5.71. The molecule has 10 heteroatoms. The molecule has 4 aromatic heterocycles. The molecule has 0 amide bonds. The van der Waals surface area contributed by atoms with E-state index in [0.717, 1.165) is 16.8 Å². The van der Waals surface area contributed by atoms with Crippen molar-refractivity contribution in [2.45, 2.75) is 45.6 Å². The lowest BCUT2D eigenvalue weighted by Gasteiger charge is -2.30. The van der Waals surface area contributed by atoms with Crippen LogP contribution in [0.5, 0.6) is 0 Å². The predicted molar refractivity (Wildman–Crippen MR) is 123 cm³/mol. The molecule has 33 heavy (non-hydrogen) atoms. The van der Waals surface area contributed by atoms with Crippen LogP contribution >= 0.6 is 0 Å². The molecule has 0 aliphatic heterocycles. The summed E-state index contributed by atoms with van der Waals surface area (Å²) in [5, 5.41) is 18.3. The van der Waals surface area contributed by atoms with E-state index in [1.807, 2.05) is 32.2 Å². The summed E-state index contributed by atoms with van der Waals surface area (Å²) in [6, 6.07) is 3.93. The van der Waals surface area contributed by atoms with Gasteiger partial charge in [-0.05, 0) is 38.3 Å². The van der Waals surface area contributed by atoms with Crippen LogP contribution in [0, 0.1) is 5.92 Å². The second kappa shape index (κ2) is 8.36. The van der Waals surface area contributed by atoms with Gasteiger partial charge in [-0.3, -0.25) is 9.67 Å². The smallest absolute Gasteiger partial charge is 0.261 e. The van der Waals surface area contributed by atoms with Gasteiger partial charge in [0.25, 0.3) is 5.89 Å². The highest BCUT2D eigenvalue weighted by molar-refractivity contribution is 5.58. The van der Waals surface area contributed by atoms with Gasteiger partial charge in [0.2, 0.25) is 5.95 Å². The maximum atomic E-state index is 9.60. The van der Waals surface area contributed by atoms with Crippen molar-refractivity contribution >= 4 is 5.95 Å². The molecule has 0 aliphatic carbocycles. The molecule has 4 rings (SSSR count). The van der Waals surface area contributed by atoms with Crippen molar-refractivity contribution < 1.29 is 9.63 Å². The first-order valence-electron chi connectivity index (χ1n) is 10.7. The molecule has 3 N–H and O–H groups in total. The first kappa shape index (κ1) is 22.5. The second-order valence-corrected chi connectivity index (χ2v) is 9.19. The second-order valence-electron chi connectivity index (χ2n) is 9.19. The van der Waals surface area contributed by atoms with Crippen LogP contribution in [0.2, 0.25) is 0 Å². The van der Waals surface area contributed by atoms with E-state index in [1.165, 1.54) is 0 Å². The maximum Gasteiger partial charge on any atom is 0.261 e. The summed E-state index contributed by atoms with van der Waals surface area (Å²) in [5.74, 6) is 1.32. The summed E-state index contributed by atoms with van der Waals surface area (Å²) in [6.45, 7) is 10.0. The van der Waals surface area contributed by atoms with E-state index in [9.17, 15) is 5.11 Å². The summed E-state index contributed by atoms with van der Waals surface area (Å²) in [7, 11) is 0. The van der Waals surface area contributed by atoms with Crippen LogP contribution in [0.15, 0.2) is 47.6 Å². The molecule has 10 nitrogen and oxygen atoms in total. The summed E-state index contributed by atoms with van der Waals surface area (Å²) < 4.78 is 7.30. The van der Waals surface area contributed by atoms with Gasteiger partial charge in [0.15, 0.2) is 5.82 Å². The minimum Gasteiger partial charge on any atom is -0.394 e. The molecular formula is C23H28N8O2. The Bertz CT molecular complexity index is 1230. The number of aliphatic hydroxyl groups excluding tert-OH is 1. The third kappa shape index (κ3) is 4.09. The van der Waals surface area contributed by atoms with Gasteiger partial charge in [-0.15, -0.1) is 0 Å². The molecule has 0 saturated carbocycles. The van der Waals surface area contributed by atoms with E-state index in [0.29, 0.717) is 17.3 Å². The summed E-state index contributed by atoms with van der Waals surface area (Å²) in [5.41, 5.74) is 7.69. The molecule has 0 spiro atoms. The van der Waals surface area contributed by atoms with Gasteiger partial charge in [0.1, 0.15) is 0 Å². The molecule has 1 atom stereocenters. The van der Waals surface area contributed by atoms with Gasteiger partial charge < -0.3 is 15.4 Å². The summed E-state index contributed by atoms with van der Waals surface area (Å²) in [6.07, 6.45) is 8.58. The Morgan fingerprint density at radius 3 is 2.36 bits per heavy atom. The van der Waals surface area contributed by atoms with Gasteiger partial charge >= 0.3 is 0 Å². The molecular weight excluding hydrogens is 420 g/mol. The average Bonchev–Trinajstić information content (AvgIpc) is 3.49. The van der Waals surface area contributed by atoms with Crippen molar-refractivity contribution in [3.63, 3.8) is 0 Å². The third-order valence-corrected chi connectivity index (χ3v) is 6.21. The van der Waals surface area contributed by atoms with Crippen LogP contribution in [0.3, 0.4) is 0 Å². The number of nitrogens with zero attached hydrogens (tertiary/aromatic N) is 7. The van der Waals surface area contributed by atoms with E-state index < -0.39 is 11.0 Å². The van der Waals surface area contributed by atoms with Crippen LogP contribution in [0.1, 0.15) is 46.0 Å². The fourth-order valence-corrected chi connectivity index (χ4v) is 3.45. The SMILES string of the molecule is CC(C)C(C)(c1ccc(-c2cnc(N)nc2)nc1)c1noc(-c2cnn(C(C)(C)CO)c2)n1. The van der Waals surface area contributed by atoms with Crippen molar-refractivity contribution in [3.05, 3.63) is 54.5 Å². The van der Waals surface area contributed by atoms with Gasteiger partial charge in [-0.1, -0.05) is 25.1 Å². The van der Waals surface area contributed by atoms with Crippen molar-refractivity contribution in [1.82, 2.24) is 34.9 Å². The highest BCUT2D eigenvalue weighted by Gasteiger charge is 2.38. The molecule has 1 unspecified atom stereocenters. The fourth-order valence-electron chi connectivity index (χ4n) is 3.45. The number of aliphatic hydroxyl groups is 1. The topological polar surface area (TPSA) is 142 Å². The number of hydrogen-bond donors (Lipinski definition) is 2. The minimum absolute atomic E-state index is 0.0416. The van der Waals surface area contributed by atoms with Crippen LogP contribution in [-0.2, 0) is 11.0 Å². The zero-order valence-corrected chi connectivity index (χ0v) is 19.4. The fraction of sp³-hybridized carbons (Fsp3) is 0.391. The number of hydrogen-bond acceptors (Lipinski definition) is 9. The first-order valence-corrected chi connectivity index (χ1v) is 10.7. The predicted octanol–water partition coefficient (Wildman–Crippen LogP) is 3.06. The van der Waals surface area contributed by atoms with E-state index in [4.69, 9.17) is 15.2 Å². The lowest BCUT2D eigenvalue weighted by molar-refractivity contribution is 0.152. The number of aromatic nitrogens is 7. The highest BCUT2D eigenvalue weighted by Crippen LogP contribution is 2.38. The van der Waals surface area contributed by atoms with E-state index >= 15 is 0 Å². The van der Waals surface area contributed by atoms with Crippen LogP contribution in [-0.4, -0.2) is 46.6 Å². The Morgan fingerprint density at radius 1 is 1.03 bits per heavy atom. The molecule has 4 aromatic rings. The molecule has 0 aromatic carbocycles. The van der Waals surface area contributed by atoms with Crippen molar-refractivity contribution in [2.24, 2.45) is 5.92 Å². The van der Waals surface area contributed by atoms with Crippen LogP contribution in [0.4, 0.5) is 5.95 Å². The Balaban J connectivity index is 1.66. The van der Waals surface area contributed by atoms with E-state index in [2.05, 4.69) is 46.0 Å². The minimum atomic E-state index is -0.536. The monoisotopic (exact) mass is 448 g/mol. The third-order valence-electron chi connectivity index (χ3n) is 6.21. The molecule has 4 heterocycles. The lowest BCUT2D eigenvalue weighted by atomic mass is 9.73. The van der Waals surface area contributed by atoms with E-state index in [-0.39, 0.29) is 18.5 Å². The molecule has 0 bridgehead atoms. The van der Waals surface area contributed by atoms with Crippen LogP contribution in [0.25, 0.3) is 22.7 Å². The number of anilines is 1. The molecule has 172 valence electrons. The standard InChI is InChI=1S/C23H28N8O2/c1-14(2)23(5,17-6-7-18(25-11-17)15-8-26-21(24)27-9-15)20-29-19(33-30-20)16-10-28-31(12-16)22(3,4)13-32/h6-12,14,32H,13H2,1-5H3,(H2,24,26,27). The largest absolute Gasteiger partial charge is 0.394 e. The molecule has 0 radical (unpaired) electrons. The van der Waals surface area contributed by atoms with Crippen molar-refractivity contribution in [2.75, 3.05) is 12.3 Å². The highest BCUT2D eigenvalue weighted by atomic mass is 16.5. The van der Waals surface area contributed by atoms with Gasteiger partial charge in [0, 0.05) is 30.4 Å². The van der Waals surface area contributed by atoms with Crippen molar-refractivity contribution in [3.8, 4) is 22.7 Å². The Labute approximate surface area is 191 Å². The number of pyridine rings is 1. The molecule has 0 aliphatic rings. The molecule has 0 saturated heterocycles. The zero-order valence-electron chi connectivity index (χ0n) is 19.4. The first-order chi connectivity index (χ1) is 15.6. The summed E-state index contributed by atoms with van der Waals surface area (Å²) >= 11 is 0. The zero-order chi connectivity index (χ0) is 23.8. The normalized spacial score (nSPS) is 13.9. The number of nitrogens with two attached hydrogens (primary N) is 1. The lowest BCUT2D eigenvalue weighted by Crippen LogP contribution is -2.31.